The normalized spacial score (nSPS) is 11.4. The Labute approximate surface area is 117 Å². The first-order chi connectivity index (χ1) is 9.46. The number of thiazole rings is 1. The second-order valence-electron chi connectivity index (χ2n) is 3.74. The van der Waals surface area contributed by atoms with Crippen LogP contribution in [0.2, 0.25) is 0 Å². The predicted molar refractivity (Wildman–Crippen MR) is 67.5 cm³/mol. The van der Waals surface area contributed by atoms with E-state index in [9.17, 15) is 13.2 Å². The number of aromatic nitrogens is 1. The van der Waals surface area contributed by atoms with Gasteiger partial charge in [0.25, 0.3) is 0 Å². The standard InChI is InChI=1S/C12H11F3N2O2S/c13-12(14,15)19-10-3-1-9(2-4-10)18-6-8-7-20-11(5-16)17-8/h1-4,7H,5-6,16H2. The predicted octanol–water partition coefficient (Wildman–Crippen LogP) is 3.08. The number of benzene rings is 1. The second kappa shape index (κ2) is 6.10. The molecule has 2 N–H and O–H groups in total. The molecule has 108 valence electrons. The highest BCUT2D eigenvalue weighted by Crippen LogP contribution is 2.25. The molecule has 1 heterocycles. The Hall–Kier alpha value is -1.80. The number of hydrogen-bond donors (Lipinski definition) is 1. The molecule has 2 aromatic rings. The Morgan fingerprint density at radius 2 is 1.80 bits per heavy atom. The van der Waals surface area contributed by atoms with E-state index in [-0.39, 0.29) is 12.4 Å². The van der Waals surface area contributed by atoms with Gasteiger partial charge in [0.2, 0.25) is 0 Å². The smallest absolute Gasteiger partial charge is 0.487 e. The summed E-state index contributed by atoms with van der Waals surface area (Å²) < 4.78 is 45.1. The molecule has 1 aromatic heterocycles. The third-order valence-electron chi connectivity index (χ3n) is 2.22. The van der Waals surface area contributed by atoms with Gasteiger partial charge in [-0.05, 0) is 24.3 Å². The highest BCUT2D eigenvalue weighted by atomic mass is 32.1. The minimum atomic E-state index is -4.69. The fourth-order valence-electron chi connectivity index (χ4n) is 1.40. The van der Waals surface area contributed by atoms with Crippen molar-refractivity contribution in [3.8, 4) is 11.5 Å². The van der Waals surface area contributed by atoms with Crippen molar-refractivity contribution in [3.63, 3.8) is 0 Å². The van der Waals surface area contributed by atoms with E-state index in [0.29, 0.717) is 12.3 Å². The van der Waals surface area contributed by atoms with Gasteiger partial charge in [0, 0.05) is 11.9 Å². The van der Waals surface area contributed by atoms with Crippen molar-refractivity contribution < 1.29 is 22.6 Å². The van der Waals surface area contributed by atoms with Crippen LogP contribution in [-0.2, 0) is 13.2 Å². The van der Waals surface area contributed by atoms with Gasteiger partial charge in [-0.25, -0.2) is 4.98 Å². The van der Waals surface area contributed by atoms with E-state index in [4.69, 9.17) is 10.5 Å². The summed E-state index contributed by atoms with van der Waals surface area (Å²) >= 11 is 1.43. The molecule has 0 bridgehead atoms. The van der Waals surface area contributed by atoms with Crippen LogP contribution >= 0.6 is 11.3 Å². The zero-order valence-corrected chi connectivity index (χ0v) is 11.0. The van der Waals surface area contributed by atoms with Gasteiger partial charge in [-0.15, -0.1) is 24.5 Å². The highest BCUT2D eigenvalue weighted by molar-refractivity contribution is 7.09. The molecule has 2 rings (SSSR count). The molecule has 0 saturated carbocycles. The molecular formula is C12H11F3N2O2S. The SMILES string of the molecule is NCc1nc(COc2ccc(OC(F)(F)F)cc2)cs1. The van der Waals surface area contributed by atoms with Crippen molar-refractivity contribution in [1.82, 2.24) is 4.98 Å². The van der Waals surface area contributed by atoms with Crippen LogP contribution in [0, 0.1) is 0 Å². The molecule has 0 amide bonds. The maximum atomic E-state index is 12.0. The van der Waals surface area contributed by atoms with Crippen molar-refractivity contribution in [2.24, 2.45) is 5.73 Å². The average molecular weight is 304 g/mol. The summed E-state index contributed by atoms with van der Waals surface area (Å²) in [7, 11) is 0. The molecule has 0 atom stereocenters. The molecule has 0 spiro atoms. The molecule has 20 heavy (non-hydrogen) atoms. The van der Waals surface area contributed by atoms with Gasteiger partial charge in [0.15, 0.2) is 0 Å². The fraction of sp³-hybridized carbons (Fsp3) is 0.250. The number of hydrogen-bond acceptors (Lipinski definition) is 5. The van der Waals surface area contributed by atoms with Gasteiger partial charge < -0.3 is 15.2 Å². The summed E-state index contributed by atoms with van der Waals surface area (Å²) in [5.41, 5.74) is 6.17. The third kappa shape index (κ3) is 4.39. The van der Waals surface area contributed by atoms with Gasteiger partial charge in [-0.1, -0.05) is 0 Å². The molecule has 1 aromatic carbocycles. The molecule has 0 radical (unpaired) electrons. The molecule has 4 nitrogen and oxygen atoms in total. The first-order valence-electron chi connectivity index (χ1n) is 5.58. The maximum absolute atomic E-state index is 12.0. The zero-order chi connectivity index (χ0) is 14.6. The largest absolute Gasteiger partial charge is 0.573 e. The zero-order valence-electron chi connectivity index (χ0n) is 10.2. The minimum absolute atomic E-state index is 0.232. The summed E-state index contributed by atoms with van der Waals surface area (Å²) in [6.45, 7) is 0.601. The lowest BCUT2D eigenvalue weighted by Crippen LogP contribution is -2.16. The van der Waals surface area contributed by atoms with Crippen LogP contribution in [0.15, 0.2) is 29.6 Å². The summed E-state index contributed by atoms with van der Waals surface area (Å²) in [4.78, 5) is 4.20. The van der Waals surface area contributed by atoms with E-state index < -0.39 is 6.36 Å². The fourth-order valence-corrected chi connectivity index (χ4v) is 2.06. The van der Waals surface area contributed by atoms with Crippen LogP contribution < -0.4 is 15.2 Å². The van der Waals surface area contributed by atoms with Crippen LogP contribution in [0.3, 0.4) is 0 Å². The van der Waals surface area contributed by atoms with Crippen molar-refractivity contribution in [2.45, 2.75) is 19.5 Å². The van der Waals surface area contributed by atoms with Gasteiger partial charge in [-0.3, -0.25) is 0 Å². The molecule has 0 aliphatic carbocycles. The quantitative estimate of drug-likeness (QED) is 0.922. The first kappa shape index (κ1) is 14.6. The van der Waals surface area contributed by atoms with E-state index in [2.05, 4.69) is 9.72 Å². The topological polar surface area (TPSA) is 57.4 Å². The molecule has 0 aliphatic rings. The van der Waals surface area contributed by atoms with Crippen LogP contribution in [0.4, 0.5) is 13.2 Å². The van der Waals surface area contributed by atoms with Gasteiger partial charge in [-0.2, -0.15) is 0 Å². The molecule has 8 heteroatoms. The minimum Gasteiger partial charge on any atom is -0.487 e. The van der Waals surface area contributed by atoms with Crippen molar-refractivity contribution in [2.75, 3.05) is 0 Å². The average Bonchev–Trinajstić information content (AvgIpc) is 2.84. The summed E-state index contributed by atoms with van der Waals surface area (Å²) in [6, 6.07) is 5.18. The lowest BCUT2D eigenvalue weighted by atomic mass is 10.3. The number of alkyl halides is 3. The Morgan fingerprint density at radius 3 is 2.35 bits per heavy atom. The van der Waals surface area contributed by atoms with E-state index in [0.717, 1.165) is 10.7 Å². The van der Waals surface area contributed by atoms with Crippen LogP contribution in [0.25, 0.3) is 0 Å². The van der Waals surface area contributed by atoms with Crippen LogP contribution in [0.5, 0.6) is 11.5 Å². The maximum Gasteiger partial charge on any atom is 0.573 e. The van der Waals surface area contributed by atoms with Gasteiger partial charge in [0.05, 0.1) is 5.69 Å². The van der Waals surface area contributed by atoms with Crippen LogP contribution in [-0.4, -0.2) is 11.3 Å². The number of nitrogens with zero attached hydrogens (tertiary/aromatic N) is 1. The monoisotopic (exact) mass is 304 g/mol. The summed E-state index contributed by atoms with van der Waals surface area (Å²) in [5, 5.41) is 2.63. The number of halogens is 3. The third-order valence-corrected chi connectivity index (χ3v) is 3.14. The van der Waals surface area contributed by atoms with E-state index in [1.165, 1.54) is 35.6 Å². The van der Waals surface area contributed by atoms with E-state index in [1.54, 1.807) is 0 Å². The first-order valence-corrected chi connectivity index (χ1v) is 6.46. The Morgan fingerprint density at radius 1 is 1.15 bits per heavy atom. The van der Waals surface area contributed by atoms with E-state index in [1.807, 2.05) is 5.38 Å². The summed E-state index contributed by atoms with van der Waals surface area (Å²) in [5.74, 6) is 0.144. The van der Waals surface area contributed by atoms with Crippen molar-refractivity contribution in [1.29, 1.82) is 0 Å². The molecule has 0 fully saturated rings. The van der Waals surface area contributed by atoms with Crippen LogP contribution in [0.1, 0.15) is 10.7 Å². The number of ether oxygens (including phenoxy) is 2. The molecule has 0 saturated heterocycles. The highest BCUT2D eigenvalue weighted by Gasteiger charge is 2.30. The van der Waals surface area contributed by atoms with Crippen molar-refractivity contribution in [3.05, 3.63) is 40.3 Å². The Kier molecular flexibility index (Phi) is 4.46. The molecule has 0 unspecified atom stereocenters. The molecular weight excluding hydrogens is 293 g/mol. The van der Waals surface area contributed by atoms with Crippen molar-refractivity contribution >= 4 is 11.3 Å². The lowest BCUT2D eigenvalue weighted by molar-refractivity contribution is -0.274. The summed E-state index contributed by atoms with van der Waals surface area (Å²) in [6.07, 6.45) is -4.69. The van der Waals surface area contributed by atoms with E-state index >= 15 is 0 Å². The lowest BCUT2D eigenvalue weighted by Gasteiger charge is -2.09. The Bertz CT molecular complexity index is 555. The second-order valence-corrected chi connectivity index (χ2v) is 4.69. The molecule has 0 aliphatic heterocycles. The Balaban J connectivity index is 1.90. The number of nitrogens with two attached hydrogens (primary N) is 1. The van der Waals surface area contributed by atoms with Gasteiger partial charge in [0.1, 0.15) is 23.1 Å². The van der Waals surface area contributed by atoms with Gasteiger partial charge >= 0.3 is 6.36 Å². The number of rotatable bonds is 5.